The van der Waals surface area contributed by atoms with Gasteiger partial charge in [-0.3, -0.25) is 4.79 Å². The number of allylic oxidation sites excluding steroid dienone is 1. The lowest BCUT2D eigenvalue weighted by Crippen LogP contribution is -2.16. The molecule has 0 saturated heterocycles. The van der Waals surface area contributed by atoms with Gasteiger partial charge in [0, 0.05) is 11.6 Å². The Labute approximate surface area is 170 Å². The van der Waals surface area contributed by atoms with Crippen molar-refractivity contribution < 1.29 is 17.9 Å². The maximum atomic E-state index is 12.8. The number of sulfonamides is 1. The van der Waals surface area contributed by atoms with Gasteiger partial charge >= 0.3 is 0 Å². The summed E-state index contributed by atoms with van der Waals surface area (Å²) in [4.78, 5) is 17.3. The maximum Gasteiger partial charge on any atom is 0.283 e. The largest absolute Gasteiger partial charge is 0.496 e. The molecule has 146 valence electrons. The minimum atomic E-state index is -3.84. The molecule has 2 aromatic carbocycles. The first kappa shape index (κ1) is 20.3. The molecule has 0 radical (unpaired) electrons. The van der Waals surface area contributed by atoms with Crippen LogP contribution in [0.15, 0.2) is 58.9 Å². The lowest BCUT2D eigenvalue weighted by Gasteiger charge is -2.05. The van der Waals surface area contributed by atoms with Gasteiger partial charge in [-0.1, -0.05) is 29.0 Å². The number of thiazole rings is 1. The highest BCUT2D eigenvalue weighted by Gasteiger charge is 2.15. The third-order valence-electron chi connectivity index (χ3n) is 3.88. The van der Waals surface area contributed by atoms with Gasteiger partial charge in [-0.05, 0) is 36.4 Å². The number of carbonyl (C=O) groups excluding carboxylic acids is 1. The second-order valence-electron chi connectivity index (χ2n) is 5.72. The number of fused-ring (bicyclic) bond motifs is 1. The van der Waals surface area contributed by atoms with E-state index < -0.39 is 15.9 Å². The molecular formula is C18H16ClN3O4S2. The zero-order valence-corrected chi connectivity index (χ0v) is 17.1. The summed E-state index contributed by atoms with van der Waals surface area (Å²) < 4.78 is 30.8. The van der Waals surface area contributed by atoms with Crippen LogP contribution in [0.5, 0.6) is 5.75 Å². The Morgan fingerprint density at radius 1 is 1.36 bits per heavy atom. The van der Waals surface area contributed by atoms with Crippen molar-refractivity contribution in [1.82, 2.24) is 4.57 Å². The number of ether oxygens (including phenoxy) is 1. The Morgan fingerprint density at radius 2 is 2.11 bits per heavy atom. The summed E-state index contributed by atoms with van der Waals surface area (Å²) >= 11 is 7.16. The lowest BCUT2D eigenvalue weighted by molar-refractivity contribution is 0.0995. The van der Waals surface area contributed by atoms with Crippen molar-refractivity contribution in [1.29, 1.82) is 0 Å². The Hall–Kier alpha value is -2.46. The number of methoxy groups -OCH3 is 1. The monoisotopic (exact) mass is 437 g/mol. The Bertz CT molecular complexity index is 1260. The molecule has 2 N–H and O–H groups in total. The van der Waals surface area contributed by atoms with Gasteiger partial charge in [-0.2, -0.15) is 4.99 Å². The molecule has 0 atom stereocenters. The van der Waals surface area contributed by atoms with Crippen LogP contribution in [0, 0.1) is 0 Å². The van der Waals surface area contributed by atoms with Gasteiger partial charge < -0.3 is 9.30 Å². The average Bonchev–Trinajstić information content (AvgIpc) is 2.97. The summed E-state index contributed by atoms with van der Waals surface area (Å²) in [6.07, 6.45) is 1.66. The van der Waals surface area contributed by atoms with Crippen molar-refractivity contribution in [2.24, 2.45) is 10.1 Å². The van der Waals surface area contributed by atoms with Crippen molar-refractivity contribution in [3.05, 3.63) is 64.4 Å². The van der Waals surface area contributed by atoms with Gasteiger partial charge in [0.2, 0.25) is 10.0 Å². The van der Waals surface area contributed by atoms with Crippen molar-refractivity contribution in [3.63, 3.8) is 0 Å². The minimum absolute atomic E-state index is 0.0126. The second kappa shape index (κ2) is 7.88. The Balaban J connectivity index is 2.21. The van der Waals surface area contributed by atoms with E-state index in [1.807, 2.05) is 0 Å². The normalized spacial score (nSPS) is 12.3. The smallest absolute Gasteiger partial charge is 0.283 e. The fourth-order valence-electron chi connectivity index (χ4n) is 2.62. The standard InChI is InChI=1S/C18H16ClN3O4S2/c1-3-8-22-14-6-5-12(28(20,24)25)10-16(14)27-18(22)21-17(23)13-9-11(19)4-7-15(13)26-2/h3-7,9-10H,1,8H2,2H3,(H2,20,24,25). The van der Waals surface area contributed by atoms with E-state index in [1.165, 1.54) is 36.6 Å². The molecule has 0 bridgehead atoms. The quantitative estimate of drug-likeness (QED) is 0.619. The van der Waals surface area contributed by atoms with E-state index in [9.17, 15) is 13.2 Å². The molecule has 3 rings (SSSR count). The molecule has 1 heterocycles. The zero-order chi connectivity index (χ0) is 20.5. The van der Waals surface area contributed by atoms with Gasteiger partial charge in [0.1, 0.15) is 5.75 Å². The maximum absolute atomic E-state index is 12.8. The Kier molecular flexibility index (Phi) is 5.71. The molecule has 0 fully saturated rings. The molecule has 1 amide bonds. The summed E-state index contributed by atoms with van der Waals surface area (Å²) in [5, 5.41) is 5.59. The number of aromatic nitrogens is 1. The molecule has 0 spiro atoms. The summed E-state index contributed by atoms with van der Waals surface area (Å²) in [7, 11) is -2.39. The molecule has 3 aromatic rings. The van der Waals surface area contributed by atoms with Crippen LogP contribution < -0.4 is 14.7 Å². The predicted molar refractivity (Wildman–Crippen MR) is 109 cm³/mol. The number of amides is 1. The molecule has 0 unspecified atom stereocenters. The van der Waals surface area contributed by atoms with Crippen LogP contribution >= 0.6 is 22.9 Å². The van der Waals surface area contributed by atoms with Crippen LogP contribution in [0.4, 0.5) is 0 Å². The lowest BCUT2D eigenvalue weighted by atomic mass is 10.2. The summed E-state index contributed by atoms with van der Waals surface area (Å²) in [6.45, 7) is 4.10. The number of carbonyl (C=O) groups is 1. The summed E-state index contributed by atoms with van der Waals surface area (Å²) in [6, 6.07) is 9.18. The number of hydrogen-bond donors (Lipinski definition) is 1. The molecule has 0 aliphatic carbocycles. The number of rotatable bonds is 5. The highest BCUT2D eigenvalue weighted by atomic mass is 35.5. The number of halogens is 1. The van der Waals surface area contributed by atoms with E-state index in [4.69, 9.17) is 21.5 Å². The van der Waals surface area contributed by atoms with E-state index >= 15 is 0 Å². The van der Waals surface area contributed by atoms with Crippen LogP contribution in [0.25, 0.3) is 10.2 Å². The SMILES string of the molecule is C=CCn1c(=NC(=O)c2cc(Cl)ccc2OC)sc2cc(S(N)(=O)=O)ccc21. The van der Waals surface area contributed by atoms with Crippen molar-refractivity contribution in [2.45, 2.75) is 11.4 Å². The summed E-state index contributed by atoms with van der Waals surface area (Å²) in [5.41, 5.74) is 0.935. The van der Waals surface area contributed by atoms with Crippen LogP contribution in [0.1, 0.15) is 10.4 Å². The molecular weight excluding hydrogens is 422 g/mol. The van der Waals surface area contributed by atoms with Crippen molar-refractivity contribution in [3.8, 4) is 5.75 Å². The third-order valence-corrected chi connectivity index (χ3v) is 6.07. The molecule has 0 aliphatic rings. The predicted octanol–water partition coefficient (Wildman–Crippen LogP) is 2.94. The number of nitrogens with zero attached hydrogens (tertiary/aromatic N) is 2. The molecule has 28 heavy (non-hydrogen) atoms. The average molecular weight is 438 g/mol. The number of benzene rings is 2. The van der Waals surface area contributed by atoms with E-state index in [2.05, 4.69) is 11.6 Å². The van der Waals surface area contributed by atoms with Gasteiger partial charge in [-0.25, -0.2) is 13.6 Å². The molecule has 7 nitrogen and oxygen atoms in total. The highest BCUT2D eigenvalue weighted by Crippen LogP contribution is 2.24. The molecule has 10 heteroatoms. The zero-order valence-electron chi connectivity index (χ0n) is 14.8. The molecule has 0 aliphatic heterocycles. The number of nitrogens with two attached hydrogens (primary N) is 1. The highest BCUT2D eigenvalue weighted by molar-refractivity contribution is 7.89. The van der Waals surface area contributed by atoms with Gasteiger partial charge in [0.25, 0.3) is 5.91 Å². The fraction of sp³-hybridized carbons (Fsp3) is 0.111. The molecule has 0 saturated carbocycles. The minimum Gasteiger partial charge on any atom is -0.496 e. The van der Waals surface area contributed by atoms with E-state index in [0.717, 1.165) is 0 Å². The van der Waals surface area contributed by atoms with Gasteiger partial charge in [0.05, 0.1) is 27.8 Å². The third kappa shape index (κ3) is 4.02. The number of primary sulfonamides is 1. The number of hydrogen-bond acceptors (Lipinski definition) is 5. The molecule has 1 aromatic heterocycles. The van der Waals surface area contributed by atoms with E-state index in [0.29, 0.717) is 32.3 Å². The van der Waals surface area contributed by atoms with Crippen molar-refractivity contribution in [2.75, 3.05) is 7.11 Å². The van der Waals surface area contributed by atoms with Crippen LogP contribution in [-0.2, 0) is 16.6 Å². The van der Waals surface area contributed by atoms with E-state index in [1.54, 1.807) is 28.8 Å². The van der Waals surface area contributed by atoms with Gasteiger partial charge in [0.15, 0.2) is 4.80 Å². The Morgan fingerprint density at radius 3 is 2.75 bits per heavy atom. The van der Waals surface area contributed by atoms with Crippen LogP contribution in [-0.4, -0.2) is 26.0 Å². The van der Waals surface area contributed by atoms with Crippen molar-refractivity contribution >= 4 is 49.1 Å². The van der Waals surface area contributed by atoms with Crippen LogP contribution in [0.3, 0.4) is 0 Å². The summed E-state index contributed by atoms with van der Waals surface area (Å²) in [5.74, 6) is -0.179. The van der Waals surface area contributed by atoms with Gasteiger partial charge in [-0.15, -0.1) is 6.58 Å². The van der Waals surface area contributed by atoms with Crippen LogP contribution in [0.2, 0.25) is 5.02 Å². The first-order valence-electron chi connectivity index (χ1n) is 7.94. The van der Waals surface area contributed by atoms with E-state index in [-0.39, 0.29) is 10.5 Å². The second-order valence-corrected chi connectivity index (χ2v) is 8.73. The first-order valence-corrected chi connectivity index (χ1v) is 10.7. The fourth-order valence-corrected chi connectivity index (χ4v) is 4.48. The topological polar surface area (TPSA) is 104 Å². The first-order chi connectivity index (χ1) is 13.2.